The second kappa shape index (κ2) is 8.93. The first-order valence-corrected chi connectivity index (χ1v) is 8.13. The second-order valence-corrected chi connectivity index (χ2v) is 6.72. The Morgan fingerprint density at radius 1 is 1.16 bits per heavy atom. The van der Waals surface area contributed by atoms with Crippen LogP contribution in [0.15, 0.2) is 0 Å². The van der Waals surface area contributed by atoms with Crippen molar-refractivity contribution in [3.63, 3.8) is 0 Å². The Hall–Kier alpha value is -0.120. The monoisotopic (exact) mass is 270 g/mol. The van der Waals surface area contributed by atoms with Crippen LogP contribution >= 0.6 is 0 Å². The highest BCUT2D eigenvalue weighted by atomic mass is 16.5. The minimum absolute atomic E-state index is 0.263. The number of rotatable bonds is 10. The molecule has 1 heterocycles. The highest BCUT2D eigenvalue weighted by molar-refractivity contribution is 4.84. The maximum Gasteiger partial charge on any atom is 0.113 e. The first-order valence-electron chi connectivity index (χ1n) is 8.13. The Bertz CT molecular complexity index is 233. The predicted molar refractivity (Wildman–Crippen MR) is 82.0 cm³/mol. The SMILES string of the molecule is CC(C)CCCC(C)CC1OC(NCCCN)C1C. The molecule has 0 amide bonds. The molecule has 3 heteroatoms. The van der Waals surface area contributed by atoms with E-state index < -0.39 is 0 Å². The summed E-state index contributed by atoms with van der Waals surface area (Å²) in [5, 5.41) is 3.43. The third kappa shape index (κ3) is 6.24. The van der Waals surface area contributed by atoms with Gasteiger partial charge in [0.2, 0.25) is 0 Å². The minimum Gasteiger partial charge on any atom is -0.359 e. The molecule has 3 N–H and O–H groups in total. The van der Waals surface area contributed by atoms with E-state index in [9.17, 15) is 0 Å². The quantitative estimate of drug-likeness (QED) is 0.600. The van der Waals surface area contributed by atoms with Gasteiger partial charge in [0.05, 0.1) is 6.10 Å². The van der Waals surface area contributed by atoms with E-state index in [2.05, 4.69) is 33.0 Å². The lowest BCUT2D eigenvalue weighted by molar-refractivity contribution is -0.197. The largest absolute Gasteiger partial charge is 0.359 e. The molecule has 1 fully saturated rings. The van der Waals surface area contributed by atoms with Gasteiger partial charge >= 0.3 is 0 Å². The van der Waals surface area contributed by atoms with Crippen LogP contribution in [0.2, 0.25) is 0 Å². The standard InChI is InChI=1S/C16H34N2O/c1-12(2)7-5-8-13(3)11-15-14(4)16(19-15)18-10-6-9-17/h12-16,18H,5-11,17H2,1-4H3. The van der Waals surface area contributed by atoms with Gasteiger partial charge in [0.25, 0.3) is 0 Å². The van der Waals surface area contributed by atoms with Crippen molar-refractivity contribution in [2.45, 2.75) is 72.1 Å². The molecule has 19 heavy (non-hydrogen) atoms. The van der Waals surface area contributed by atoms with E-state index in [1.165, 1.54) is 25.7 Å². The van der Waals surface area contributed by atoms with Crippen molar-refractivity contribution in [1.82, 2.24) is 5.32 Å². The van der Waals surface area contributed by atoms with E-state index in [1.54, 1.807) is 0 Å². The molecule has 0 aromatic carbocycles. The Morgan fingerprint density at radius 3 is 2.47 bits per heavy atom. The zero-order valence-electron chi connectivity index (χ0n) is 13.3. The predicted octanol–water partition coefficient (Wildman–Crippen LogP) is 3.14. The molecule has 0 spiro atoms. The first-order chi connectivity index (χ1) is 9.04. The van der Waals surface area contributed by atoms with Crippen LogP contribution in [0.1, 0.15) is 59.8 Å². The lowest BCUT2D eigenvalue weighted by atomic mass is 9.86. The van der Waals surface area contributed by atoms with Gasteiger partial charge < -0.3 is 10.5 Å². The smallest absolute Gasteiger partial charge is 0.113 e. The van der Waals surface area contributed by atoms with E-state index >= 15 is 0 Å². The average Bonchev–Trinajstić information content (AvgIpc) is 2.36. The molecule has 114 valence electrons. The fourth-order valence-electron chi connectivity index (χ4n) is 2.78. The van der Waals surface area contributed by atoms with Gasteiger partial charge in [0.1, 0.15) is 6.23 Å². The van der Waals surface area contributed by atoms with Crippen molar-refractivity contribution >= 4 is 0 Å². The molecule has 1 aliphatic rings. The molecule has 0 bridgehead atoms. The zero-order valence-corrected chi connectivity index (χ0v) is 13.3. The Kier molecular flexibility index (Phi) is 7.96. The highest BCUT2D eigenvalue weighted by Gasteiger charge is 2.38. The molecule has 1 aliphatic heterocycles. The van der Waals surface area contributed by atoms with Gasteiger partial charge in [-0.1, -0.05) is 47.0 Å². The molecule has 3 nitrogen and oxygen atoms in total. The van der Waals surface area contributed by atoms with Gasteiger partial charge in [-0.15, -0.1) is 0 Å². The van der Waals surface area contributed by atoms with E-state index in [0.29, 0.717) is 12.0 Å². The van der Waals surface area contributed by atoms with Gasteiger partial charge in [-0.3, -0.25) is 5.32 Å². The molecule has 1 rings (SSSR count). The summed E-state index contributed by atoms with van der Waals surface area (Å²) in [5.74, 6) is 2.27. The number of nitrogens with one attached hydrogen (secondary N) is 1. The highest BCUT2D eigenvalue weighted by Crippen LogP contribution is 2.32. The maximum absolute atomic E-state index is 5.94. The molecule has 4 unspecified atom stereocenters. The molecule has 0 aromatic heterocycles. The van der Waals surface area contributed by atoms with Gasteiger partial charge in [0, 0.05) is 5.92 Å². The normalized spacial score (nSPS) is 28.4. The van der Waals surface area contributed by atoms with Crippen LogP contribution in [0.3, 0.4) is 0 Å². The summed E-state index contributed by atoms with van der Waals surface area (Å²) in [6.07, 6.45) is 7.03. The van der Waals surface area contributed by atoms with Gasteiger partial charge in [-0.05, 0) is 37.8 Å². The number of ether oxygens (including phenoxy) is 1. The Morgan fingerprint density at radius 2 is 1.89 bits per heavy atom. The van der Waals surface area contributed by atoms with Crippen molar-refractivity contribution < 1.29 is 4.74 Å². The van der Waals surface area contributed by atoms with Crippen molar-refractivity contribution in [1.29, 1.82) is 0 Å². The molecule has 0 aromatic rings. The van der Waals surface area contributed by atoms with Crippen LogP contribution in [0.4, 0.5) is 0 Å². The summed E-state index contributed by atoms with van der Waals surface area (Å²) < 4.78 is 5.94. The van der Waals surface area contributed by atoms with Crippen molar-refractivity contribution in [2.75, 3.05) is 13.1 Å². The van der Waals surface area contributed by atoms with Crippen LogP contribution in [0, 0.1) is 17.8 Å². The van der Waals surface area contributed by atoms with Gasteiger partial charge in [-0.25, -0.2) is 0 Å². The van der Waals surface area contributed by atoms with Crippen LogP contribution in [-0.2, 0) is 4.74 Å². The van der Waals surface area contributed by atoms with Crippen LogP contribution in [-0.4, -0.2) is 25.4 Å². The van der Waals surface area contributed by atoms with E-state index in [4.69, 9.17) is 10.5 Å². The topological polar surface area (TPSA) is 47.3 Å². The third-order valence-corrected chi connectivity index (χ3v) is 4.22. The van der Waals surface area contributed by atoms with E-state index in [-0.39, 0.29) is 6.23 Å². The van der Waals surface area contributed by atoms with Crippen molar-refractivity contribution in [3.05, 3.63) is 0 Å². The summed E-state index contributed by atoms with van der Waals surface area (Å²) in [5.41, 5.74) is 5.49. The zero-order chi connectivity index (χ0) is 14.3. The Labute approximate surface area is 119 Å². The summed E-state index contributed by atoms with van der Waals surface area (Å²) in [7, 11) is 0. The average molecular weight is 270 g/mol. The summed E-state index contributed by atoms with van der Waals surface area (Å²) in [6, 6.07) is 0. The fourth-order valence-corrected chi connectivity index (χ4v) is 2.78. The molecule has 0 radical (unpaired) electrons. The Balaban J connectivity index is 2.08. The first kappa shape index (κ1) is 16.9. The third-order valence-electron chi connectivity index (χ3n) is 4.22. The number of hydrogen-bond acceptors (Lipinski definition) is 3. The molecule has 0 saturated carbocycles. The second-order valence-electron chi connectivity index (χ2n) is 6.72. The number of nitrogens with two attached hydrogens (primary N) is 1. The van der Waals surface area contributed by atoms with Crippen LogP contribution in [0.5, 0.6) is 0 Å². The van der Waals surface area contributed by atoms with Gasteiger partial charge in [0.15, 0.2) is 0 Å². The lowest BCUT2D eigenvalue weighted by Crippen LogP contribution is -2.55. The molecule has 0 aliphatic carbocycles. The van der Waals surface area contributed by atoms with E-state index in [1.807, 2.05) is 0 Å². The van der Waals surface area contributed by atoms with Crippen LogP contribution in [0.25, 0.3) is 0 Å². The molecule has 1 saturated heterocycles. The summed E-state index contributed by atoms with van der Waals surface area (Å²) >= 11 is 0. The fraction of sp³-hybridized carbons (Fsp3) is 1.00. The lowest BCUT2D eigenvalue weighted by Gasteiger charge is -2.44. The minimum atomic E-state index is 0.263. The van der Waals surface area contributed by atoms with Crippen molar-refractivity contribution in [2.24, 2.45) is 23.5 Å². The van der Waals surface area contributed by atoms with Gasteiger partial charge in [-0.2, -0.15) is 0 Å². The van der Waals surface area contributed by atoms with Crippen LogP contribution < -0.4 is 11.1 Å². The number of hydrogen-bond donors (Lipinski definition) is 2. The summed E-state index contributed by atoms with van der Waals surface area (Å²) in [6.45, 7) is 11.0. The molecular formula is C16H34N2O. The van der Waals surface area contributed by atoms with E-state index in [0.717, 1.165) is 31.3 Å². The summed E-state index contributed by atoms with van der Waals surface area (Å²) in [4.78, 5) is 0. The van der Waals surface area contributed by atoms with Crippen molar-refractivity contribution in [3.8, 4) is 0 Å². The molecule has 4 atom stereocenters. The molecular weight excluding hydrogens is 236 g/mol. The maximum atomic E-state index is 5.94.